The van der Waals surface area contributed by atoms with Crippen molar-refractivity contribution in [3.63, 3.8) is 0 Å². The Morgan fingerprint density at radius 2 is 1.70 bits per heavy atom. The molecule has 0 fully saturated rings. The lowest BCUT2D eigenvalue weighted by atomic mass is 10.1. The lowest BCUT2D eigenvalue weighted by molar-refractivity contribution is 0.0681. The van der Waals surface area contributed by atoms with Crippen LogP contribution < -0.4 is 5.56 Å². The van der Waals surface area contributed by atoms with Crippen molar-refractivity contribution in [3.05, 3.63) is 106 Å². The predicted molar refractivity (Wildman–Crippen MR) is 133 cm³/mol. The summed E-state index contributed by atoms with van der Waals surface area (Å²) in [7, 11) is 0. The maximum absolute atomic E-state index is 13.8. The number of amides is 1. The molecule has 0 saturated heterocycles. The van der Waals surface area contributed by atoms with Gasteiger partial charge in [0.15, 0.2) is 0 Å². The summed E-state index contributed by atoms with van der Waals surface area (Å²) in [5.74, 6) is 0.491. The summed E-state index contributed by atoms with van der Waals surface area (Å²) in [6, 6.07) is 22.3. The topological polar surface area (TPSA) is 55.2 Å². The van der Waals surface area contributed by atoms with E-state index in [0.717, 1.165) is 23.2 Å². The van der Waals surface area contributed by atoms with E-state index in [-0.39, 0.29) is 11.5 Å². The first kappa shape index (κ1) is 22.5. The lowest BCUT2D eigenvalue weighted by Gasteiger charge is -2.30. The Balaban J connectivity index is 1.96. The minimum Gasteiger partial charge on any atom is -0.329 e. The lowest BCUT2D eigenvalue weighted by Crippen LogP contribution is -2.38. The van der Waals surface area contributed by atoms with Gasteiger partial charge in [-0.05, 0) is 68.7 Å². The second kappa shape index (κ2) is 9.41. The van der Waals surface area contributed by atoms with Crippen LogP contribution in [0.4, 0.5) is 0 Å². The first-order valence-electron chi connectivity index (χ1n) is 11.4. The van der Waals surface area contributed by atoms with Crippen LogP contribution in [-0.2, 0) is 0 Å². The average molecular weight is 440 g/mol. The molecule has 0 spiro atoms. The Morgan fingerprint density at radius 3 is 2.42 bits per heavy atom. The van der Waals surface area contributed by atoms with Crippen LogP contribution in [0.3, 0.4) is 0 Å². The van der Waals surface area contributed by atoms with E-state index in [2.05, 4.69) is 0 Å². The Kier molecular flexibility index (Phi) is 6.40. The number of hydrogen-bond donors (Lipinski definition) is 0. The van der Waals surface area contributed by atoms with Gasteiger partial charge in [-0.2, -0.15) is 0 Å². The van der Waals surface area contributed by atoms with Crippen LogP contribution in [0.2, 0.25) is 0 Å². The number of fused-ring (bicyclic) bond motifs is 1. The molecule has 1 heterocycles. The van der Waals surface area contributed by atoms with Crippen molar-refractivity contribution in [2.45, 2.75) is 40.2 Å². The smallest absolute Gasteiger partial charge is 0.266 e. The molecule has 168 valence electrons. The molecular formula is C28H29N3O2. The van der Waals surface area contributed by atoms with E-state index in [4.69, 9.17) is 4.98 Å². The standard InChI is InChI=1S/C28H29N3O2/c1-5-17-30(27(32)22-11-7-6-8-12-22)21(4)26-29-24-14-10-9-13-23(24)28(33)31(26)25-18-19(2)15-16-20(25)3/h6-16,18,21H,5,17H2,1-4H3. The van der Waals surface area contributed by atoms with Crippen LogP contribution in [0, 0.1) is 13.8 Å². The average Bonchev–Trinajstić information content (AvgIpc) is 2.84. The van der Waals surface area contributed by atoms with E-state index in [9.17, 15) is 9.59 Å². The van der Waals surface area contributed by atoms with Gasteiger partial charge in [0.1, 0.15) is 5.82 Å². The second-order valence-electron chi connectivity index (χ2n) is 8.46. The molecule has 3 aromatic carbocycles. The normalized spacial score (nSPS) is 12.0. The highest BCUT2D eigenvalue weighted by atomic mass is 16.2. The maximum atomic E-state index is 13.8. The van der Waals surface area contributed by atoms with E-state index < -0.39 is 6.04 Å². The monoisotopic (exact) mass is 439 g/mol. The molecule has 0 radical (unpaired) electrons. The summed E-state index contributed by atoms with van der Waals surface area (Å²) in [6.45, 7) is 8.56. The Bertz CT molecular complexity index is 1360. The third kappa shape index (κ3) is 4.31. The molecule has 1 unspecified atom stereocenters. The third-order valence-electron chi connectivity index (χ3n) is 5.99. The van der Waals surface area contributed by atoms with Crippen LogP contribution in [0.1, 0.15) is 53.6 Å². The molecule has 0 N–H and O–H groups in total. The van der Waals surface area contributed by atoms with Crippen molar-refractivity contribution in [3.8, 4) is 5.69 Å². The van der Waals surface area contributed by atoms with E-state index in [1.54, 1.807) is 10.6 Å². The zero-order valence-electron chi connectivity index (χ0n) is 19.6. The fourth-order valence-corrected chi connectivity index (χ4v) is 4.22. The largest absolute Gasteiger partial charge is 0.329 e. The van der Waals surface area contributed by atoms with Crippen molar-refractivity contribution in [2.24, 2.45) is 0 Å². The highest BCUT2D eigenvalue weighted by Gasteiger charge is 2.27. The number of hydrogen-bond acceptors (Lipinski definition) is 3. The SMILES string of the molecule is CCCN(C(=O)c1ccccc1)C(C)c1nc2ccccc2c(=O)n1-c1cc(C)ccc1C. The van der Waals surface area contributed by atoms with Crippen molar-refractivity contribution in [1.29, 1.82) is 0 Å². The van der Waals surface area contributed by atoms with Gasteiger partial charge in [-0.15, -0.1) is 0 Å². The summed E-state index contributed by atoms with van der Waals surface area (Å²) in [6.07, 6.45) is 0.796. The predicted octanol–water partition coefficient (Wildman–Crippen LogP) is 5.62. The summed E-state index contributed by atoms with van der Waals surface area (Å²) < 4.78 is 1.69. The minimum atomic E-state index is -0.408. The molecule has 0 aliphatic carbocycles. The first-order valence-corrected chi connectivity index (χ1v) is 11.4. The number of para-hydroxylation sites is 1. The van der Waals surface area contributed by atoms with Gasteiger partial charge in [-0.3, -0.25) is 14.2 Å². The number of aryl methyl sites for hydroxylation is 2. The fourth-order valence-electron chi connectivity index (χ4n) is 4.22. The number of carbonyl (C=O) groups is 1. The van der Waals surface area contributed by atoms with Crippen LogP contribution >= 0.6 is 0 Å². The molecule has 0 aliphatic heterocycles. The molecule has 1 atom stereocenters. The Morgan fingerprint density at radius 1 is 1.00 bits per heavy atom. The third-order valence-corrected chi connectivity index (χ3v) is 5.99. The number of aromatic nitrogens is 2. The van der Waals surface area contributed by atoms with Gasteiger partial charge in [-0.1, -0.05) is 49.4 Å². The van der Waals surface area contributed by atoms with E-state index in [1.807, 2.05) is 99.3 Å². The van der Waals surface area contributed by atoms with Crippen molar-refractivity contribution in [2.75, 3.05) is 6.54 Å². The van der Waals surface area contributed by atoms with E-state index in [0.29, 0.717) is 28.8 Å². The number of rotatable bonds is 6. The number of nitrogens with zero attached hydrogens (tertiary/aromatic N) is 3. The second-order valence-corrected chi connectivity index (χ2v) is 8.46. The molecule has 1 amide bonds. The van der Waals surface area contributed by atoms with Gasteiger partial charge in [0.2, 0.25) is 0 Å². The van der Waals surface area contributed by atoms with Crippen LogP contribution in [-0.4, -0.2) is 26.9 Å². The Labute approximate surface area is 194 Å². The molecule has 4 rings (SSSR count). The zero-order valence-corrected chi connectivity index (χ0v) is 19.6. The molecule has 4 aromatic rings. The van der Waals surface area contributed by atoms with Gasteiger partial charge in [0.05, 0.1) is 22.6 Å². The van der Waals surface area contributed by atoms with Gasteiger partial charge in [0.25, 0.3) is 11.5 Å². The van der Waals surface area contributed by atoms with Gasteiger partial charge >= 0.3 is 0 Å². The summed E-state index contributed by atoms with van der Waals surface area (Å²) in [4.78, 5) is 34.0. The molecule has 33 heavy (non-hydrogen) atoms. The highest BCUT2D eigenvalue weighted by molar-refractivity contribution is 5.94. The Hall–Kier alpha value is -3.73. The van der Waals surface area contributed by atoms with Crippen LogP contribution in [0.25, 0.3) is 16.6 Å². The quantitative estimate of drug-likeness (QED) is 0.392. The van der Waals surface area contributed by atoms with E-state index in [1.165, 1.54) is 0 Å². The first-order chi connectivity index (χ1) is 15.9. The van der Waals surface area contributed by atoms with Gasteiger partial charge < -0.3 is 4.90 Å². The molecular weight excluding hydrogens is 410 g/mol. The molecule has 5 heteroatoms. The van der Waals surface area contributed by atoms with Gasteiger partial charge in [0, 0.05) is 12.1 Å². The van der Waals surface area contributed by atoms with Crippen LogP contribution in [0.15, 0.2) is 77.6 Å². The molecule has 0 aliphatic rings. The molecule has 5 nitrogen and oxygen atoms in total. The number of carbonyl (C=O) groups excluding carboxylic acids is 1. The summed E-state index contributed by atoms with van der Waals surface area (Å²) >= 11 is 0. The van der Waals surface area contributed by atoms with Crippen molar-refractivity contribution in [1.82, 2.24) is 14.5 Å². The molecule has 1 aromatic heterocycles. The van der Waals surface area contributed by atoms with Crippen molar-refractivity contribution >= 4 is 16.8 Å². The van der Waals surface area contributed by atoms with Gasteiger partial charge in [-0.25, -0.2) is 4.98 Å². The number of benzene rings is 3. The minimum absolute atomic E-state index is 0.0696. The fraction of sp³-hybridized carbons (Fsp3) is 0.250. The highest BCUT2D eigenvalue weighted by Crippen LogP contribution is 2.26. The zero-order chi connectivity index (χ0) is 23.5. The summed E-state index contributed by atoms with van der Waals surface area (Å²) in [5.41, 5.74) is 3.96. The maximum Gasteiger partial charge on any atom is 0.266 e. The van der Waals surface area contributed by atoms with E-state index >= 15 is 0 Å². The van der Waals surface area contributed by atoms with Crippen molar-refractivity contribution < 1.29 is 4.79 Å². The molecule has 0 saturated carbocycles. The summed E-state index contributed by atoms with van der Waals surface area (Å²) in [5, 5.41) is 0.561. The molecule has 0 bridgehead atoms. The van der Waals surface area contributed by atoms with Crippen LogP contribution in [0.5, 0.6) is 0 Å².